The third-order valence-electron chi connectivity index (χ3n) is 4.57. The van der Waals surface area contributed by atoms with Gasteiger partial charge in [0, 0.05) is 17.1 Å². The van der Waals surface area contributed by atoms with Gasteiger partial charge in [0.25, 0.3) is 0 Å². The van der Waals surface area contributed by atoms with Crippen LogP contribution in [0.2, 0.25) is 0 Å². The Morgan fingerprint density at radius 3 is 2.33 bits per heavy atom. The van der Waals surface area contributed by atoms with Crippen LogP contribution < -0.4 is 5.32 Å². The van der Waals surface area contributed by atoms with Gasteiger partial charge in [-0.1, -0.05) is 48.3 Å². The summed E-state index contributed by atoms with van der Waals surface area (Å²) in [6.45, 7) is 5.78. The summed E-state index contributed by atoms with van der Waals surface area (Å²) >= 11 is 3.50. The Hall–Kier alpha value is -0.340. The lowest BCUT2D eigenvalue weighted by Crippen LogP contribution is -2.40. The molecule has 0 bridgehead atoms. The number of rotatable bonds is 6. The molecule has 0 aliphatic heterocycles. The smallest absolute Gasteiger partial charge is 0.0317 e. The monoisotopic (exact) mass is 309 g/mol. The van der Waals surface area contributed by atoms with Crippen molar-refractivity contribution in [3.05, 3.63) is 34.3 Å². The maximum atomic E-state index is 3.78. The van der Waals surface area contributed by atoms with E-state index in [0.29, 0.717) is 11.5 Å². The lowest BCUT2D eigenvalue weighted by molar-refractivity contribution is 0.118. The fourth-order valence-corrected chi connectivity index (χ4v) is 3.13. The zero-order chi connectivity index (χ0) is 13.0. The highest BCUT2D eigenvalue weighted by Gasteiger charge is 2.35. The largest absolute Gasteiger partial charge is 0.309 e. The predicted octanol–water partition coefficient (Wildman–Crippen LogP) is 5.07. The van der Waals surface area contributed by atoms with Crippen molar-refractivity contribution in [1.29, 1.82) is 0 Å². The third-order valence-corrected chi connectivity index (χ3v) is 5.10. The van der Waals surface area contributed by atoms with Crippen molar-refractivity contribution < 1.29 is 0 Å². The summed E-state index contributed by atoms with van der Waals surface area (Å²) in [6, 6.07) is 9.23. The molecule has 0 saturated heterocycles. The first-order valence-corrected chi connectivity index (χ1v) is 7.97. The summed E-state index contributed by atoms with van der Waals surface area (Å²) < 4.78 is 1.16. The van der Waals surface area contributed by atoms with E-state index in [2.05, 4.69) is 59.4 Å². The Morgan fingerprint density at radius 2 is 1.89 bits per heavy atom. The van der Waals surface area contributed by atoms with Crippen LogP contribution in [-0.4, -0.2) is 6.54 Å². The molecule has 1 unspecified atom stereocenters. The molecule has 1 saturated carbocycles. The standard InChI is InChI=1S/C16H24BrN/c1-3-15(13-6-8-14(17)9-7-13)18-12-16(4-2)10-5-11-16/h6-9,15,18H,3-5,10-12H2,1-2H3. The van der Waals surface area contributed by atoms with Crippen LogP contribution in [0.15, 0.2) is 28.7 Å². The molecule has 0 heterocycles. The molecule has 0 spiro atoms. The Morgan fingerprint density at radius 1 is 1.22 bits per heavy atom. The maximum Gasteiger partial charge on any atom is 0.0317 e. The molecule has 0 aromatic heterocycles. The van der Waals surface area contributed by atoms with Gasteiger partial charge in [0.05, 0.1) is 0 Å². The van der Waals surface area contributed by atoms with E-state index in [1.54, 1.807) is 0 Å². The number of benzene rings is 1. The molecule has 100 valence electrons. The summed E-state index contributed by atoms with van der Waals surface area (Å²) in [5.41, 5.74) is 2.01. The average Bonchev–Trinajstić information content (AvgIpc) is 2.35. The highest BCUT2D eigenvalue weighted by molar-refractivity contribution is 9.10. The fourth-order valence-electron chi connectivity index (χ4n) is 2.86. The molecular formula is C16H24BrN. The fraction of sp³-hybridized carbons (Fsp3) is 0.625. The van der Waals surface area contributed by atoms with Crippen LogP contribution in [-0.2, 0) is 0 Å². The Kier molecular flexibility index (Phi) is 4.85. The van der Waals surface area contributed by atoms with Gasteiger partial charge in [0.1, 0.15) is 0 Å². The molecule has 18 heavy (non-hydrogen) atoms. The minimum Gasteiger partial charge on any atom is -0.309 e. The van der Waals surface area contributed by atoms with E-state index >= 15 is 0 Å². The molecule has 1 N–H and O–H groups in total. The van der Waals surface area contributed by atoms with Crippen LogP contribution >= 0.6 is 15.9 Å². The van der Waals surface area contributed by atoms with Crippen LogP contribution in [0.25, 0.3) is 0 Å². The zero-order valence-corrected chi connectivity index (χ0v) is 13.1. The molecule has 2 rings (SSSR count). The van der Waals surface area contributed by atoms with Crippen LogP contribution in [0.4, 0.5) is 0 Å². The van der Waals surface area contributed by atoms with Gasteiger partial charge in [-0.3, -0.25) is 0 Å². The lowest BCUT2D eigenvalue weighted by Gasteiger charge is -2.42. The average molecular weight is 310 g/mol. The molecule has 1 aromatic carbocycles. The summed E-state index contributed by atoms with van der Waals surface area (Å²) in [6.07, 6.45) is 6.71. The zero-order valence-electron chi connectivity index (χ0n) is 11.5. The highest BCUT2D eigenvalue weighted by atomic mass is 79.9. The first-order valence-electron chi connectivity index (χ1n) is 7.18. The van der Waals surface area contributed by atoms with Crippen LogP contribution in [0, 0.1) is 5.41 Å². The quantitative estimate of drug-likeness (QED) is 0.773. The van der Waals surface area contributed by atoms with Crippen LogP contribution in [0.1, 0.15) is 57.6 Å². The van der Waals surface area contributed by atoms with E-state index in [-0.39, 0.29) is 0 Å². The highest BCUT2D eigenvalue weighted by Crippen LogP contribution is 2.43. The first-order chi connectivity index (χ1) is 8.69. The van der Waals surface area contributed by atoms with E-state index in [4.69, 9.17) is 0 Å². The second-order valence-corrected chi connectivity index (χ2v) is 6.52. The summed E-state index contributed by atoms with van der Waals surface area (Å²) in [5, 5.41) is 3.78. The van der Waals surface area contributed by atoms with Gasteiger partial charge in [-0.25, -0.2) is 0 Å². The van der Waals surface area contributed by atoms with E-state index in [9.17, 15) is 0 Å². The van der Waals surface area contributed by atoms with Crippen molar-refractivity contribution >= 4 is 15.9 Å². The van der Waals surface area contributed by atoms with E-state index in [1.807, 2.05) is 0 Å². The molecule has 1 aliphatic rings. The van der Waals surface area contributed by atoms with Gasteiger partial charge >= 0.3 is 0 Å². The minimum absolute atomic E-state index is 0.502. The first kappa shape index (κ1) is 14.1. The Labute approximate surface area is 119 Å². The third kappa shape index (κ3) is 3.16. The lowest BCUT2D eigenvalue weighted by atomic mass is 9.67. The van der Waals surface area contributed by atoms with Crippen molar-refractivity contribution in [3.8, 4) is 0 Å². The van der Waals surface area contributed by atoms with Crippen molar-refractivity contribution in [2.75, 3.05) is 6.54 Å². The molecule has 1 nitrogen and oxygen atoms in total. The second kappa shape index (κ2) is 6.21. The second-order valence-electron chi connectivity index (χ2n) is 5.60. The Balaban J connectivity index is 1.95. The predicted molar refractivity (Wildman–Crippen MR) is 81.8 cm³/mol. The van der Waals surface area contributed by atoms with E-state index in [0.717, 1.165) is 10.9 Å². The van der Waals surface area contributed by atoms with Gasteiger partial charge in [0.15, 0.2) is 0 Å². The molecule has 1 atom stereocenters. The van der Waals surface area contributed by atoms with E-state index in [1.165, 1.54) is 37.8 Å². The summed E-state index contributed by atoms with van der Waals surface area (Å²) in [5.74, 6) is 0. The summed E-state index contributed by atoms with van der Waals surface area (Å²) in [7, 11) is 0. The Bertz CT molecular complexity index is 362. The molecule has 0 amide bonds. The molecule has 1 aliphatic carbocycles. The van der Waals surface area contributed by atoms with Gasteiger partial charge < -0.3 is 5.32 Å². The van der Waals surface area contributed by atoms with Crippen molar-refractivity contribution in [2.24, 2.45) is 5.41 Å². The van der Waals surface area contributed by atoms with Crippen LogP contribution in [0.3, 0.4) is 0 Å². The van der Waals surface area contributed by atoms with E-state index < -0.39 is 0 Å². The molecule has 1 aromatic rings. The molecule has 0 radical (unpaired) electrons. The number of halogens is 1. The molecule has 2 heteroatoms. The van der Waals surface area contributed by atoms with Crippen molar-refractivity contribution in [1.82, 2.24) is 5.32 Å². The minimum atomic E-state index is 0.502. The van der Waals surface area contributed by atoms with Crippen molar-refractivity contribution in [2.45, 2.75) is 52.0 Å². The van der Waals surface area contributed by atoms with Gasteiger partial charge in [-0.2, -0.15) is 0 Å². The molecular weight excluding hydrogens is 286 g/mol. The van der Waals surface area contributed by atoms with Gasteiger partial charge in [-0.15, -0.1) is 0 Å². The van der Waals surface area contributed by atoms with Crippen molar-refractivity contribution in [3.63, 3.8) is 0 Å². The van der Waals surface area contributed by atoms with Crippen LogP contribution in [0.5, 0.6) is 0 Å². The number of hydrogen-bond donors (Lipinski definition) is 1. The SMILES string of the molecule is CCC(NCC1(CC)CCC1)c1ccc(Br)cc1. The van der Waals surface area contributed by atoms with Gasteiger partial charge in [0.2, 0.25) is 0 Å². The maximum absolute atomic E-state index is 3.78. The normalized spacial score (nSPS) is 19.3. The number of hydrogen-bond acceptors (Lipinski definition) is 1. The van der Waals surface area contributed by atoms with Gasteiger partial charge in [-0.05, 0) is 48.8 Å². The topological polar surface area (TPSA) is 12.0 Å². The summed E-state index contributed by atoms with van der Waals surface area (Å²) in [4.78, 5) is 0. The molecule has 1 fully saturated rings. The number of nitrogens with one attached hydrogen (secondary N) is 1.